The lowest BCUT2D eigenvalue weighted by Gasteiger charge is -2.07. The number of hydrogen-bond donors (Lipinski definition) is 1. The predicted molar refractivity (Wildman–Crippen MR) is 71.8 cm³/mol. The number of nitrogens with zero attached hydrogens (tertiary/aromatic N) is 4. The molecular weight excluding hydrogens is 278 g/mol. The van der Waals surface area contributed by atoms with Gasteiger partial charge in [0.15, 0.2) is 0 Å². The van der Waals surface area contributed by atoms with Crippen LogP contribution in [0.15, 0.2) is 36.7 Å². The van der Waals surface area contributed by atoms with Crippen LogP contribution in [0.25, 0.3) is 0 Å². The van der Waals surface area contributed by atoms with E-state index in [-0.39, 0.29) is 12.3 Å². The number of benzene rings is 1. The van der Waals surface area contributed by atoms with Gasteiger partial charge in [-0.05, 0) is 11.6 Å². The first-order chi connectivity index (χ1) is 9.61. The third-order valence-corrected chi connectivity index (χ3v) is 3.95. The lowest BCUT2D eigenvalue weighted by molar-refractivity contribution is 0.552. The molecule has 104 valence electrons. The maximum Gasteiger partial charge on any atom is 0.215 e. The molecule has 0 radical (unpaired) electrons. The van der Waals surface area contributed by atoms with E-state index >= 15 is 0 Å². The fraction of sp³-hybridized carbons (Fsp3) is 0.250. The molecule has 1 aromatic heterocycles. The summed E-state index contributed by atoms with van der Waals surface area (Å²) in [7, 11) is -3.48. The van der Waals surface area contributed by atoms with Crippen LogP contribution in [0.2, 0.25) is 0 Å². The van der Waals surface area contributed by atoms with Crippen molar-refractivity contribution in [1.82, 2.24) is 19.7 Å². The van der Waals surface area contributed by atoms with Gasteiger partial charge in [0, 0.05) is 12.7 Å². The molecule has 8 heteroatoms. The highest BCUT2D eigenvalue weighted by Crippen LogP contribution is 2.10. The smallest absolute Gasteiger partial charge is 0.215 e. The largest absolute Gasteiger partial charge is 0.251 e. The molecule has 2 aromatic rings. The summed E-state index contributed by atoms with van der Waals surface area (Å²) in [6, 6.07) is 8.62. The van der Waals surface area contributed by atoms with Crippen molar-refractivity contribution in [2.75, 3.05) is 6.54 Å². The lowest BCUT2D eigenvalue weighted by Crippen LogP contribution is -2.29. The molecule has 1 N–H and O–H groups in total. The van der Waals surface area contributed by atoms with E-state index in [1.54, 1.807) is 30.5 Å². The van der Waals surface area contributed by atoms with E-state index in [1.807, 2.05) is 6.07 Å². The van der Waals surface area contributed by atoms with Crippen molar-refractivity contribution in [2.45, 2.75) is 12.3 Å². The zero-order chi connectivity index (χ0) is 14.4. The molecule has 0 saturated heterocycles. The minimum Gasteiger partial charge on any atom is -0.251 e. The second-order valence-corrected chi connectivity index (χ2v) is 5.90. The summed E-state index contributed by atoms with van der Waals surface area (Å²) in [5.41, 5.74) is 0.859. The van der Waals surface area contributed by atoms with Crippen molar-refractivity contribution in [3.8, 4) is 6.07 Å². The first-order valence-corrected chi connectivity index (χ1v) is 7.55. The van der Waals surface area contributed by atoms with Gasteiger partial charge in [0.2, 0.25) is 10.0 Å². The minimum absolute atomic E-state index is 0.214. The van der Waals surface area contributed by atoms with Gasteiger partial charge in [-0.2, -0.15) is 5.26 Å². The summed E-state index contributed by atoms with van der Waals surface area (Å²) in [4.78, 5) is 0. The number of sulfonamides is 1. The molecule has 2 rings (SSSR count). The molecule has 20 heavy (non-hydrogen) atoms. The van der Waals surface area contributed by atoms with Crippen LogP contribution in [0, 0.1) is 11.3 Å². The van der Waals surface area contributed by atoms with E-state index in [9.17, 15) is 8.42 Å². The highest BCUT2D eigenvalue weighted by atomic mass is 32.2. The molecule has 0 amide bonds. The van der Waals surface area contributed by atoms with Gasteiger partial charge in [0.1, 0.15) is 0 Å². The fourth-order valence-corrected chi connectivity index (χ4v) is 2.84. The normalized spacial score (nSPS) is 11.2. The average Bonchev–Trinajstić information content (AvgIpc) is 2.92. The minimum atomic E-state index is -3.48. The second kappa shape index (κ2) is 6.27. The SMILES string of the molecule is N#Cc1ccccc1CS(=O)(=O)NCCn1ccnn1. The predicted octanol–water partition coefficient (Wildman–Crippen LogP) is 0.269. The molecule has 0 aliphatic carbocycles. The first kappa shape index (κ1) is 14.2. The van der Waals surface area contributed by atoms with Crippen LogP contribution in [0.4, 0.5) is 0 Å². The van der Waals surface area contributed by atoms with Crippen LogP contribution in [0.1, 0.15) is 11.1 Å². The molecule has 7 nitrogen and oxygen atoms in total. The van der Waals surface area contributed by atoms with Gasteiger partial charge in [-0.25, -0.2) is 13.1 Å². The van der Waals surface area contributed by atoms with Crippen LogP contribution < -0.4 is 4.72 Å². The second-order valence-electron chi connectivity index (χ2n) is 4.09. The Labute approximate surface area is 116 Å². The molecule has 1 heterocycles. The summed E-state index contributed by atoms with van der Waals surface area (Å²) in [5, 5.41) is 16.3. The molecule has 0 aliphatic heterocycles. The van der Waals surface area contributed by atoms with E-state index in [1.165, 1.54) is 10.9 Å². The Balaban J connectivity index is 1.95. The van der Waals surface area contributed by atoms with Gasteiger partial charge in [-0.3, -0.25) is 4.68 Å². The molecule has 0 unspecified atom stereocenters. The van der Waals surface area contributed by atoms with Gasteiger partial charge < -0.3 is 0 Å². The third kappa shape index (κ3) is 3.88. The van der Waals surface area contributed by atoms with Gasteiger partial charge in [-0.1, -0.05) is 23.4 Å². The molecule has 0 saturated carbocycles. The van der Waals surface area contributed by atoms with Crippen molar-refractivity contribution < 1.29 is 8.42 Å². The maximum atomic E-state index is 11.9. The highest BCUT2D eigenvalue weighted by molar-refractivity contribution is 7.88. The number of nitrogens with one attached hydrogen (secondary N) is 1. The van der Waals surface area contributed by atoms with Crippen molar-refractivity contribution in [1.29, 1.82) is 5.26 Å². The molecule has 0 bridgehead atoms. The Morgan fingerprint density at radius 1 is 1.35 bits per heavy atom. The first-order valence-electron chi connectivity index (χ1n) is 5.90. The Morgan fingerprint density at radius 3 is 2.85 bits per heavy atom. The van der Waals surface area contributed by atoms with Gasteiger partial charge in [0.05, 0.1) is 30.1 Å². The van der Waals surface area contributed by atoms with E-state index in [0.29, 0.717) is 17.7 Å². The van der Waals surface area contributed by atoms with Crippen molar-refractivity contribution in [3.63, 3.8) is 0 Å². The van der Waals surface area contributed by atoms with E-state index < -0.39 is 10.0 Å². The van der Waals surface area contributed by atoms with Crippen LogP contribution in [0.5, 0.6) is 0 Å². The summed E-state index contributed by atoms with van der Waals surface area (Å²) in [5.74, 6) is -0.214. The highest BCUT2D eigenvalue weighted by Gasteiger charge is 2.13. The van der Waals surface area contributed by atoms with Crippen molar-refractivity contribution in [2.24, 2.45) is 0 Å². The zero-order valence-electron chi connectivity index (χ0n) is 10.6. The molecule has 0 spiro atoms. The Hall–Kier alpha value is -2.24. The summed E-state index contributed by atoms with van der Waals surface area (Å²) in [6.45, 7) is 0.625. The lowest BCUT2D eigenvalue weighted by atomic mass is 10.1. The van der Waals surface area contributed by atoms with Crippen LogP contribution in [-0.4, -0.2) is 30.0 Å². The Bertz CT molecular complexity index is 704. The van der Waals surface area contributed by atoms with Gasteiger partial charge in [-0.15, -0.1) is 5.10 Å². The molecular formula is C12H13N5O2S. The fourth-order valence-electron chi connectivity index (χ4n) is 1.68. The number of aromatic nitrogens is 3. The van der Waals surface area contributed by atoms with Crippen LogP contribution in [-0.2, 0) is 22.3 Å². The van der Waals surface area contributed by atoms with E-state index in [2.05, 4.69) is 15.0 Å². The topological polar surface area (TPSA) is 101 Å². The molecule has 0 atom stereocenters. The van der Waals surface area contributed by atoms with Gasteiger partial charge in [0.25, 0.3) is 0 Å². The average molecular weight is 291 g/mol. The number of nitriles is 1. The van der Waals surface area contributed by atoms with Crippen LogP contribution in [0.3, 0.4) is 0 Å². The monoisotopic (exact) mass is 291 g/mol. The zero-order valence-corrected chi connectivity index (χ0v) is 11.4. The number of hydrogen-bond acceptors (Lipinski definition) is 5. The standard InChI is InChI=1S/C12H13N5O2S/c13-9-11-3-1-2-4-12(11)10-20(18,19)15-6-8-17-7-5-14-16-17/h1-5,7,15H,6,8,10H2. The number of rotatable bonds is 6. The summed E-state index contributed by atoms with van der Waals surface area (Å²) in [6.07, 6.45) is 3.18. The van der Waals surface area contributed by atoms with E-state index in [4.69, 9.17) is 5.26 Å². The Kier molecular flexibility index (Phi) is 4.45. The summed E-state index contributed by atoms with van der Waals surface area (Å²) < 4.78 is 27.9. The quantitative estimate of drug-likeness (QED) is 0.823. The molecule has 1 aromatic carbocycles. The summed E-state index contributed by atoms with van der Waals surface area (Å²) >= 11 is 0. The van der Waals surface area contributed by atoms with Crippen molar-refractivity contribution >= 4 is 10.0 Å². The molecule has 0 aliphatic rings. The maximum absolute atomic E-state index is 11.9. The van der Waals surface area contributed by atoms with Gasteiger partial charge >= 0.3 is 0 Å². The van der Waals surface area contributed by atoms with E-state index in [0.717, 1.165) is 0 Å². The van der Waals surface area contributed by atoms with Crippen molar-refractivity contribution in [3.05, 3.63) is 47.8 Å². The Morgan fingerprint density at radius 2 is 2.15 bits per heavy atom. The third-order valence-electron chi connectivity index (χ3n) is 2.62. The van der Waals surface area contributed by atoms with Crippen LogP contribution >= 0.6 is 0 Å². The molecule has 0 fully saturated rings.